The molecule has 1 atom stereocenters. The molecule has 1 N–H and O–H groups in total. The summed E-state index contributed by atoms with van der Waals surface area (Å²) < 4.78 is 5.18. The Labute approximate surface area is 173 Å². The van der Waals surface area contributed by atoms with Crippen molar-refractivity contribution in [2.45, 2.75) is 12.6 Å². The Morgan fingerprint density at radius 1 is 0.967 bits per heavy atom. The molecule has 1 amide bonds. The zero-order valence-corrected chi connectivity index (χ0v) is 16.2. The fourth-order valence-electron chi connectivity index (χ4n) is 3.53. The Morgan fingerprint density at radius 2 is 1.57 bits per heavy atom. The molecule has 1 saturated heterocycles. The Morgan fingerprint density at radius 3 is 2.17 bits per heavy atom. The smallest absolute Gasteiger partial charge is 0.295 e. The summed E-state index contributed by atoms with van der Waals surface area (Å²) in [4.78, 5) is 35.3. The third-order valence-electron chi connectivity index (χ3n) is 5.03. The third-order valence-corrected chi connectivity index (χ3v) is 5.03. The molecule has 0 bridgehead atoms. The summed E-state index contributed by atoms with van der Waals surface area (Å²) in [5.74, 6) is -0.915. The fourth-order valence-corrected chi connectivity index (χ4v) is 3.53. The lowest BCUT2D eigenvalue weighted by atomic mass is 9.96. The van der Waals surface area contributed by atoms with Gasteiger partial charge in [0.2, 0.25) is 0 Å². The number of aliphatic hydroxyl groups excluding tert-OH is 1. The number of nitrogens with zero attached hydrogens (tertiary/aromatic N) is 3. The van der Waals surface area contributed by atoms with Crippen LogP contribution in [0.3, 0.4) is 0 Å². The minimum absolute atomic E-state index is 0.0471. The van der Waals surface area contributed by atoms with Crippen LogP contribution in [0.4, 0.5) is 0 Å². The molecule has 150 valence electrons. The van der Waals surface area contributed by atoms with Crippen molar-refractivity contribution in [2.24, 2.45) is 0 Å². The van der Waals surface area contributed by atoms with Gasteiger partial charge in [-0.3, -0.25) is 19.6 Å². The highest BCUT2D eigenvalue weighted by Gasteiger charge is 2.46. The SMILES string of the molecule is COc1ccc(CN2C(=O)C(=O)/C(=C(\O)c3ccncc3)C2c2ccncc2)cc1. The van der Waals surface area contributed by atoms with Crippen LogP contribution < -0.4 is 4.74 Å². The number of amides is 1. The summed E-state index contributed by atoms with van der Waals surface area (Å²) in [5, 5.41) is 10.9. The van der Waals surface area contributed by atoms with Gasteiger partial charge in [-0.05, 0) is 47.5 Å². The molecule has 0 saturated carbocycles. The molecule has 1 aromatic carbocycles. The van der Waals surface area contributed by atoms with Crippen LogP contribution >= 0.6 is 0 Å². The molecule has 1 aliphatic rings. The van der Waals surface area contributed by atoms with Crippen molar-refractivity contribution < 1.29 is 19.4 Å². The van der Waals surface area contributed by atoms with Crippen LogP contribution in [-0.2, 0) is 16.1 Å². The zero-order valence-electron chi connectivity index (χ0n) is 16.2. The molecule has 1 unspecified atom stereocenters. The van der Waals surface area contributed by atoms with Gasteiger partial charge in [0.1, 0.15) is 11.5 Å². The molecule has 4 rings (SSSR count). The van der Waals surface area contributed by atoms with Gasteiger partial charge in [-0.15, -0.1) is 0 Å². The number of Topliss-reactive ketones (excluding diaryl/α,β-unsaturated/α-hetero) is 1. The molecular weight excluding hydrogens is 382 g/mol. The largest absolute Gasteiger partial charge is 0.507 e. The van der Waals surface area contributed by atoms with Gasteiger partial charge >= 0.3 is 0 Å². The van der Waals surface area contributed by atoms with Gasteiger partial charge in [0, 0.05) is 36.9 Å². The van der Waals surface area contributed by atoms with Crippen LogP contribution in [0, 0.1) is 0 Å². The van der Waals surface area contributed by atoms with E-state index in [4.69, 9.17) is 4.74 Å². The predicted molar refractivity (Wildman–Crippen MR) is 109 cm³/mol. The van der Waals surface area contributed by atoms with Gasteiger partial charge in [0.25, 0.3) is 11.7 Å². The molecule has 30 heavy (non-hydrogen) atoms. The van der Waals surface area contributed by atoms with E-state index in [1.54, 1.807) is 55.9 Å². The maximum absolute atomic E-state index is 12.9. The molecule has 0 aliphatic carbocycles. The number of benzene rings is 1. The molecule has 2 aromatic heterocycles. The minimum atomic E-state index is -0.733. The molecule has 0 spiro atoms. The molecule has 3 aromatic rings. The zero-order chi connectivity index (χ0) is 21.1. The van der Waals surface area contributed by atoms with E-state index in [0.717, 1.165) is 5.56 Å². The van der Waals surface area contributed by atoms with Crippen molar-refractivity contribution in [2.75, 3.05) is 7.11 Å². The van der Waals surface area contributed by atoms with Crippen molar-refractivity contribution >= 4 is 17.4 Å². The first-order chi connectivity index (χ1) is 14.6. The van der Waals surface area contributed by atoms with E-state index in [1.165, 1.54) is 17.3 Å². The second-order valence-corrected chi connectivity index (χ2v) is 6.79. The molecule has 3 heterocycles. The number of hydrogen-bond acceptors (Lipinski definition) is 6. The number of pyridine rings is 2. The predicted octanol–water partition coefficient (Wildman–Crippen LogP) is 3.11. The van der Waals surface area contributed by atoms with E-state index in [9.17, 15) is 14.7 Å². The van der Waals surface area contributed by atoms with Gasteiger partial charge < -0.3 is 14.7 Å². The number of rotatable bonds is 5. The molecule has 7 heteroatoms. The van der Waals surface area contributed by atoms with E-state index >= 15 is 0 Å². The maximum Gasteiger partial charge on any atom is 0.295 e. The van der Waals surface area contributed by atoms with Crippen molar-refractivity contribution in [1.82, 2.24) is 14.9 Å². The quantitative estimate of drug-likeness (QED) is 0.401. The van der Waals surface area contributed by atoms with Crippen LogP contribution in [0.25, 0.3) is 5.76 Å². The monoisotopic (exact) mass is 401 g/mol. The fraction of sp³-hybridized carbons (Fsp3) is 0.130. The van der Waals surface area contributed by atoms with Crippen molar-refractivity contribution in [3.8, 4) is 5.75 Å². The van der Waals surface area contributed by atoms with E-state index in [1.807, 2.05) is 12.1 Å². The van der Waals surface area contributed by atoms with Gasteiger partial charge in [-0.25, -0.2) is 0 Å². The van der Waals surface area contributed by atoms with E-state index < -0.39 is 17.7 Å². The van der Waals surface area contributed by atoms with Crippen LogP contribution in [-0.4, -0.2) is 38.8 Å². The Kier molecular flexibility index (Phi) is 5.26. The van der Waals surface area contributed by atoms with E-state index in [2.05, 4.69) is 9.97 Å². The number of aromatic nitrogens is 2. The minimum Gasteiger partial charge on any atom is -0.507 e. The van der Waals surface area contributed by atoms with E-state index in [0.29, 0.717) is 16.9 Å². The Bertz CT molecular complexity index is 1100. The topological polar surface area (TPSA) is 92.6 Å². The number of carbonyl (C=O) groups is 2. The lowest BCUT2D eigenvalue weighted by molar-refractivity contribution is -0.140. The summed E-state index contributed by atoms with van der Waals surface area (Å²) in [7, 11) is 1.58. The summed E-state index contributed by atoms with van der Waals surface area (Å²) in [6.07, 6.45) is 6.22. The molecule has 1 fully saturated rings. The number of aliphatic hydroxyl groups is 1. The van der Waals surface area contributed by atoms with Gasteiger partial charge in [0.15, 0.2) is 0 Å². The highest BCUT2D eigenvalue weighted by molar-refractivity contribution is 6.46. The first-order valence-corrected chi connectivity index (χ1v) is 9.32. The van der Waals surface area contributed by atoms with Crippen molar-refractivity contribution in [3.63, 3.8) is 0 Å². The second-order valence-electron chi connectivity index (χ2n) is 6.79. The first-order valence-electron chi connectivity index (χ1n) is 9.32. The molecule has 7 nitrogen and oxygen atoms in total. The van der Waals surface area contributed by atoms with Crippen LogP contribution in [0.1, 0.15) is 22.7 Å². The standard InChI is InChI=1S/C23H19N3O4/c1-30-18-4-2-15(3-5-18)14-26-20(16-6-10-24-11-7-16)19(22(28)23(26)29)21(27)17-8-12-25-13-9-17/h2-13,20,27H,14H2,1H3/b21-19-. The number of methoxy groups -OCH3 is 1. The molecule has 0 radical (unpaired) electrons. The van der Waals surface area contributed by atoms with E-state index in [-0.39, 0.29) is 17.9 Å². The van der Waals surface area contributed by atoms with Crippen LogP contribution in [0.2, 0.25) is 0 Å². The van der Waals surface area contributed by atoms with Gasteiger partial charge in [0.05, 0.1) is 18.7 Å². The lowest BCUT2D eigenvalue weighted by Crippen LogP contribution is -2.29. The highest BCUT2D eigenvalue weighted by Crippen LogP contribution is 2.40. The number of hydrogen-bond donors (Lipinski definition) is 1. The second kappa shape index (κ2) is 8.16. The summed E-state index contributed by atoms with van der Waals surface area (Å²) in [6, 6.07) is 13.2. The normalized spacial score (nSPS) is 17.9. The Balaban J connectivity index is 1.81. The summed E-state index contributed by atoms with van der Waals surface area (Å²) in [5.41, 5.74) is 1.99. The third kappa shape index (κ3) is 3.53. The summed E-state index contributed by atoms with van der Waals surface area (Å²) >= 11 is 0. The van der Waals surface area contributed by atoms with Gasteiger partial charge in [-0.1, -0.05) is 12.1 Å². The first kappa shape index (κ1) is 19.3. The highest BCUT2D eigenvalue weighted by atomic mass is 16.5. The number of carbonyl (C=O) groups excluding carboxylic acids is 2. The average molecular weight is 401 g/mol. The number of likely N-dealkylation sites (tertiary alicyclic amines) is 1. The van der Waals surface area contributed by atoms with Crippen LogP contribution in [0.15, 0.2) is 78.9 Å². The number of ether oxygens (including phenoxy) is 1. The number of ketones is 1. The molecule has 1 aliphatic heterocycles. The lowest BCUT2D eigenvalue weighted by Gasteiger charge is -2.25. The van der Waals surface area contributed by atoms with Crippen molar-refractivity contribution in [3.05, 3.63) is 95.6 Å². The molecular formula is C23H19N3O4. The van der Waals surface area contributed by atoms with Gasteiger partial charge in [-0.2, -0.15) is 0 Å². The Hall–Kier alpha value is -4.00. The van der Waals surface area contributed by atoms with Crippen molar-refractivity contribution in [1.29, 1.82) is 0 Å². The van der Waals surface area contributed by atoms with Crippen LogP contribution in [0.5, 0.6) is 5.75 Å². The summed E-state index contributed by atoms with van der Waals surface area (Å²) in [6.45, 7) is 0.203. The average Bonchev–Trinajstić information content (AvgIpc) is 3.05. The maximum atomic E-state index is 12.9.